The normalized spacial score (nSPS) is 11.9. The topological polar surface area (TPSA) is 67.1 Å². The SMILES string of the molecule is CN=C(NCCCn1cnc2ccccc21)NCc1nc(C)c(C)s1. The molecular weight excluding hydrogens is 332 g/mol. The van der Waals surface area contributed by atoms with E-state index in [-0.39, 0.29) is 0 Å². The molecular formula is C18H24N6S. The maximum atomic E-state index is 4.54. The van der Waals surface area contributed by atoms with Crippen molar-refractivity contribution < 1.29 is 0 Å². The molecule has 0 saturated heterocycles. The summed E-state index contributed by atoms with van der Waals surface area (Å²) in [5, 5.41) is 7.76. The number of benzene rings is 1. The number of nitrogens with zero attached hydrogens (tertiary/aromatic N) is 4. The zero-order valence-corrected chi connectivity index (χ0v) is 15.7. The summed E-state index contributed by atoms with van der Waals surface area (Å²) in [6, 6.07) is 8.21. The average molecular weight is 356 g/mol. The number of fused-ring (bicyclic) bond motifs is 1. The zero-order chi connectivity index (χ0) is 17.6. The monoisotopic (exact) mass is 356 g/mol. The lowest BCUT2D eigenvalue weighted by atomic mass is 10.3. The Hall–Kier alpha value is -2.41. The van der Waals surface area contributed by atoms with Gasteiger partial charge in [0.05, 0.1) is 29.6 Å². The van der Waals surface area contributed by atoms with Crippen LogP contribution in [0.1, 0.15) is 22.0 Å². The maximum absolute atomic E-state index is 4.54. The van der Waals surface area contributed by atoms with E-state index in [0.717, 1.165) is 41.7 Å². The summed E-state index contributed by atoms with van der Waals surface area (Å²) in [7, 11) is 1.79. The van der Waals surface area contributed by atoms with Gasteiger partial charge in [0.15, 0.2) is 5.96 Å². The first-order chi connectivity index (χ1) is 12.2. The fourth-order valence-electron chi connectivity index (χ4n) is 2.64. The number of aliphatic imine (C=N–C) groups is 1. The van der Waals surface area contributed by atoms with Crippen LogP contribution in [-0.4, -0.2) is 34.1 Å². The molecule has 7 heteroatoms. The standard InChI is InChI=1S/C18H24N6S/c1-13-14(2)25-17(23-13)11-21-18(19-3)20-9-6-10-24-12-22-15-7-4-5-8-16(15)24/h4-5,7-8,12H,6,9-11H2,1-3H3,(H2,19,20,21). The van der Waals surface area contributed by atoms with Crippen molar-refractivity contribution in [1.82, 2.24) is 25.2 Å². The second-order valence-corrected chi connectivity index (χ2v) is 7.17. The molecule has 0 spiro atoms. The van der Waals surface area contributed by atoms with Gasteiger partial charge in [-0.05, 0) is 32.4 Å². The first-order valence-electron chi connectivity index (χ1n) is 8.44. The second kappa shape index (κ2) is 8.11. The van der Waals surface area contributed by atoms with Crippen LogP contribution in [0.25, 0.3) is 11.0 Å². The molecule has 0 fully saturated rings. The van der Waals surface area contributed by atoms with Crippen molar-refractivity contribution in [2.75, 3.05) is 13.6 Å². The highest BCUT2D eigenvalue weighted by Gasteiger charge is 2.05. The summed E-state index contributed by atoms with van der Waals surface area (Å²) in [6.45, 7) is 6.62. The second-order valence-electron chi connectivity index (χ2n) is 5.88. The van der Waals surface area contributed by atoms with Gasteiger partial charge in [0.1, 0.15) is 5.01 Å². The molecule has 2 heterocycles. The van der Waals surface area contributed by atoms with Crippen LogP contribution >= 0.6 is 11.3 Å². The van der Waals surface area contributed by atoms with E-state index < -0.39 is 0 Å². The third-order valence-corrected chi connectivity index (χ3v) is 5.17. The number of aryl methyl sites for hydroxylation is 3. The van der Waals surface area contributed by atoms with Crippen molar-refractivity contribution in [2.45, 2.75) is 33.4 Å². The van der Waals surface area contributed by atoms with Crippen LogP contribution in [0.4, 0.5) is 0 Å². The lowest BCUT2D eigenvalue weighted by Gasteiger charge is -2.11. The minimum atomic E-state index is 0.700. The number of hydrogen-bond donors (Lipinski definition) is 2. The van der Waals surface area contributed by atoms with Crippen molar-refractivity contribution >= 4 is 28.3 Å². The van der Waals surface area contributed by atoms with Gasteiger partial charge in [0, 0.05) is 25.0 Å². The van der Waals surface area contributed by atoms with E-state index in [2.05, 4.69) is 43.2 Å². The van der Waals surface area contributed by atoms with Gasteiger partial charge in [-0.15, -0.1) is 11.3 Å². The number of thiazole rings is 1. The highest BCUT2D eigenvalue weighted by atomic mass is 32.1. The molecule has 0 aliphatic heterocycles. The molecule has 0 radical (unpaired) electrons. The molecule has 2 aromatic heterocycles. The Balaban J connectivity index is 1.44. The van der Waals surface area contributed by atoms with E-state index in [4.69, 9.17) is 0 Å². The fraction of sp³-hybridized carbons (Fsp3) is 0.389. The third-order valence-electron chi connectivity index (χ3n) is 4.10. The molecule has 132 valence electrons. The van der Waals surface area contributed by atoms with Crippen LogP contribution in [0, 0.1) is 13.8 Å². The Morgan fingerprint density at radius 2 is 2.08 bits per heavy atom. The number of rotatable bonds is 6. The fourth-order valence-corrected chi connectivity index (χ4v) is 3.51. The summed E-state index contributed by atoms with van der Waals surface area (Å²) >= 11 is 1.73. The van der Waals surface area contributed by atoms with Crippen LogP contribution in [0.15, 0.2) is 35.6 Å². The van der Waals surface area contributed by atoms with Crippen LogP contribution < -0.4 is 10.6 Å². The summed E-state index contributed by atoms with van der Waals surface area (Å²) in [4.78, 5) is 14.5. The number of hydrogen-bond acceptors (Lipinski definition) is 4. The summed E-state index contributed by atoms with van der Waals surface area (Å²) in [5.74, 6) is 0.806. The Labute approximate surface area is 152 Å². The van der Waals surface area contributed by atoms with Gasteiger partial charge in [-0.1, -0.05) is 12.1 Å². The zero-order valence-electron chi connectivity index (χ0n) is 14.9. The summed E-state index contributed by atoms with van der Waals surface area (Å²) < 4.78 is 2.19. The molecule has 0 saturated carbocycles. The van der Waals surface area contributed by atoms with Gasteiger partial charge in [0.2, 0.25) is 0 Å². The minimum Gasteiger partial charge on any atom is -0.356 e. The number of aromatic nitrogens is 3. The lowest BCUT2D eigenvalue weighted by Crippen LogP contribution is -2.37. The van der Waals surface area contributed by atoms with Crippen molar-refractivity contribution in [1.29, 1.82) is 0 Å². The Bertz CT molecular complexity index is 844. The Kier molecular flexibility index (Phi) is 5.65. The van der Waals surface area contributed by atoms with E-state index in [1.54, 1.807) is 18.4 Å². The molecule has 3 aromatic rings. The predicted octanol–water partition coefficient (Wildman–Crippen LogP) is 2.86. The molecule has 0 amide bonds. The molecule has 0 aliphatic rings. The lowest BCUT2D eigenvalue weighted by molar-refractivity contribution is 0.637. The van der Waals surface area contributed by atoms with E-state index in [0.29, 0.717) is 6.54 Å². The van der Waals surface area contributed by atoms with Gasteiger partial charge in [-0.3, -0.25) is 4.99 Å². The molecule has 0 aliphatic carbocycles. The average Bonchev–Trinajstić information content (AvgIpc) is 3.18. The van der Waals surface area contributed by atoms with Gasteiger partial charge < -0.3 is 15.2 Å². The van der Waals surface area contributed by atoms with E-state index in [9.17, 15) is 0 Å². The van der Waals surface area contributed by atoms with Gasteiger partial charge >= 0.3 is 0 Å². The molecule has 25 heavy (non-hydrogen) atoms. The number of imidazole rings is 1. The highest BCUT2D eigenvalue weighted by Crippen LogP contribution is 2.16. The van der Waals surface area contributed by atoms with Crippen molar-refractivity contribution in [2.24, 2.45) is 4.99 Å². The smallest absolute Gasteiger partial charge is 0.191 e. The van der Waals surface area contributed by atoms with Gasteiger partial charge in [0.25, 0.3) is 0 Å². The maximum Gasteiger partial charge on any atom is 0.191 e. The quantitative estimate of drug-likeness (QED) is 0.405. The Morgan fingerprint density at radius 1 is 1.24 bits per heavy atom. The molecule has 3 rings (SSSR count). The van der Waals surface area contributed by atoms with Crippen LogP contribution in [0.2, 0.25) is 0 Å². The summed E-state index contributed by atoms with van der Waals surface area (Å²) in [5.41, 5.74) is 3.33. The molecule has 0 atom stereocenters. The summed E-state index contributed by atoms with van der Waals surface area (Å²) in [6.07, 6.45) is 2.90. The Morgan fingerprint density at radius 3 is 2.84 bits per heavy atom. The third kappa shape index (κ3) is 4.36. The molecule has 0 unspecified atom stereocenters. The van der Waals surface area contributed by atoms with E-state index >= 15 is 0 Å². The van der Waals surface area contributed by atoms with Crippen molar-refractivity contribution in [3.8, 4) is 0 Å². The molecule has 2 N–H and O–H groups in total. The van der Waals surface area contributed by atoms with Crippen molar-refractivity contribution in [3.63, 3.8) is 0 Å². The van der Waals surface area contributed by atoms with E-state index in [1.807, 2.05) is 31.5 Å². The van der Waals surface area contributed by atoms with Crippen LogP contribution in [0.5, 0.6) is 0 Å². The van der Waals surface area contributed by atoms with Gasteiger partial charge in [-0.25, -0.2) is 9.97 Å². The van der Waals surface area contributed by atoms with E-state index in [1.165, 1.54) is 10.4 Å². The van der Waals surface area contributed by atoms with Crippen LogP contribution in [-0.2, 0) is 13.1 Å². The first-order valence-corrected chi connectivity index (χ1v) is 9.26. The molecule has 0 bridgehead atoms. The molecule has 6 nitrogen and oxygen atoms in total. The van der Waals surface area contributed by atoms with Crippen LogP contribution in [0.3, 0.4) is 0 Å². The number of para-hydroxylation sites is 2. The van der Waals surface area contributed by atoms with Crippen molar-refractivity contribution in [3.05, 3.63) is 46.2 Å². The highest BCUT2D eigenvalue weighted by molar-refractivity contribution is 7.11. The predicted molar refractivity (Wildman–Crippen MR) is 104 cm³/mol. The van der Waals surface area contributed by atoms with Gasteiger partial charge in [-0.2, -0.15) is 0 Å². The number of nitrogens with one attached hydrogen (secondary N) is 2. The molecule has 1 aromatic carbocycles. The first kappa shape index (κ1) is 17.4. The largest absolute Gasteiger partial charge is 0.356 e. The minimum absolute atomic E-state index is 0.700. The number of guanidine groups is 1.